The van der Waals surface area contributed by atoms with Crippen LogP contribution in [0.25, 0.3) is 0 Å². The molecule has 0 aromatic carbocycles. The van der Waals surface area contributed by atoms with Gasteiger partial charge in [0.25, 0.3) is 0 Å². The Labute approximate surface area is 85.2 Å². The molecule has 0 spiro atoms. The van der Waals surface area contributed by atoms with Crippen LogP contribution in [-0.4, -0.2) is 33.7 Å². The maximum absolute atomic E-state index is 13.3. The van der Waals surface area contributed by atoms with E-state index in [1.165, 1.54) is 13.3 Å². The molecule has 4 rings (SSSR count). The lowest BCUT2D eigenvalue weighted by molar-refractivity contribution is -0.204. The molecular weight excluding hydrogens is 201 g/mol. The van der Waals surface area contributed by atoms with E-state index in [4.69, 9.17) is 0 Å². The van der Waals surface area contributed by atoms with Crippen LogP contribution in [0.15, 0.2) is 6.20 Å². The molecule has 0 radical (unpaired) electrons. The number of methoxy groups -OCH3 is 1. The number of ether oxygens (including phenoxy) is 1. The Hall–Kier alpha value is -1.46. The number of hydrogen-bond acceptors (Lipinski definition) is 4. The summed E-state index contributed by atoms with van der Waals surface area (Å²) >= 11 is 0. The number of hydrogen-bond donors (Lipinski definition) is 0. The molecule has 1 aromatic heterocycles. The lowest BCUT2D eigenvalue weighted by Gasteiger charge is -2.64. The highest BCUT2D eigenvalue weighted by atomic mass is 19.1. The maximum atomic E-state index is 13.3. The first-order chi connectivity index (χ1) is 7.07. The Kier molecular flexibility index (Phi) is 1.39. The number of carbonyl (C=O) groups is 1. The van der Waals surface area contributed by atoms with Crippen LogP contribution >= 0.6 is 0 Å². The van der Waals surface area contributed by atoms with Crippen molar-refractivity contribution in [2.24, 2.45) is 0 Å². The number of rotatable bonds is 2. The van der Waals surface area contributed by atoms with Gasteiger partial charge in [0.15, 0.2) is 5.69 Å². The summed E-state index contributed by atoms with van der Waals surface area (Å²) in [6, 6.07) is 0. The van der Waals surface area contributed by atoms with Gasteiger partial charge in [-0.2, -0.15) is 0 Å². The highest BCUT2D eigenvalue weighted by molar-refractivity contribution is 5.86. The first-order valence-corrected chi connectivity index (χ1v) is 4.77. The van der Waals surface area contributed by atoms with Crippen molar-refractivity contribution in [3.8, 4) is 0 Å². The second-order valence-electron chi connectivity index (χ2n) is 4.45. The summed E-state index contributed by atoms with van der Waals surface area (Å²) in [4.78, 5) is 11.1. The third kappa shape index (κ3) is 0.989. The van der Waals surface area contributed by atoms with Gasteiger partial charge in [0.1, 0.15) is 5.67 Å². The molecule has 80 valence electrons. The molecule has 5 nitrogen and oxygen atoms in total. The molecule has 0 aliphatic heterocycles. The number of esters is 1. The van der Waals surface area contributed by atoms with E-state index in [9.17, 15) is 9.18 Å². The minimum Gasteiger partial charge on any atom is -0.464 e. The predicted molar refractivity (Wildman–Crippen MR) is 47.0 cm³/mol. The first kappa shape index (κ1) is 8.82. The Morgan fingerprint density at radius 2 is 2.27 bits per heavy atom. The van der Waals surface area contributed by atoms with E-state index in [2.05, 4.69) is 15.0 Å². The van der Waals surface area contributed by atoms with Gasteiger partial charge in [-0.25, -0.2) is 13.9 Å². The Morgan fingerprint density at radius 1 is 1.60 bits per heavy atom. The van der Waals surface area contributed by atoms with Crippen LogP contribution in [0.5, 0.6) is 0 Å². The van der Waals surface area contributed by atoms with Crippen LogP contribution in [0.1, 0.15) is 29.8 Å². The van der Waals surface area contributed by atoms with Gasteiger partial charge >= 0.3 is 5.97 Å². The highest BCUT2D eigenvalue weighted by Crippen LogP contribution is 2.67. The van der Waals surface area contributed by atoms with E-state index in [-0.39, 0.29) is 11.2 Å². The fraction of sp³-hybridized carbons (Fsp3) is 0.667. The molecule has 3 saturated carbocycles. The molecule has 0 saturated heterocycles. The largest absolute Gasteiger partial charge is 0.464 e. The van der Waals surface area contributed by atoms with Gasteiger partial charge in [-0.05, 0) is 0 Å². The average molecular weight is 211 g/mol. The molecule has 0 amide bonds. The SMILES string of the molecule is COC(=O)c1cn(C23CC(F)(C2)C3)nn1. The van der Waals surface area contributed by atoms with Crippen molar-refractivity contribution >= 4 is 5.97 Å². The number of halogens is 1. The van der Waals surface area contributed by atoms with Gasteiger partial charge in [-0.3, -0.25) is 0 Å². The molecule has 3 aliphatic carbocycles. The van der Waals surface area contributed by atoms with E-state index < -0.39 is 11.6 Å². The lowest BCUT2D eigenvalue weighted by atomic mass is 9.47. The first-order valence-electron chi connectivity index (χ1n) is 4.77. The van der Waals surface area contributed by atoms with Gasteiger partial charge in [0.2, 0.25) is 0 Å². The zero-order valence-corrected chi connectivity index (χ0v) is 8.23. The fourth-order valence-electron chi connectivity index (χ4n) is 2.55. The molecule has 3 fully saturated rings. The Bertz CT molecular complexity index is 423. The highest BCUT2D eigenvalue weighted by Gasteiger charge is 2.71. The standard InChI is InChI=1S/C9H10FN3O2/c1-15-7(14)6-2-13(12-11-6)9-3-8(10,4-9)5-9/h2H,3-5H2,1H3. The van der Waals surface area contributed by atoms with Crippen molar-refractivity contribution in [3.63, 3.8) is 0 Å². The molecule has 0 N–H and O–H groups in total. The van der Waals surface area contributed by atoms with Crippen molar-refractivity contribution in [1.82, 2.24) is 15.0 Å². The topological polar surface area (TPSA) is 57.0 Å². The van der Waals surface area contributed by atoms with E-state index in [1.807, 2.05) is 0 Å². The summed E-state index contributed by atoms with van der Waals surface area (Å²) in [6.45, 7) is 0. The number of carbonyl (C=O) groups excluding carboxylic acids is 1. The lowest BCUT2D eigenvalue weighted by Crippen LogP contribution is -2.70. The van der Waals surface area contributed by atoms with Gasteiger partial charge in [0, 0.05) is 19.3 Å². The summed E-state index contributed by atoms with van der Waals surface area (Å²) in [5, 5.41) is 7.55. The average Bonchev–Trinajstić information content (AvgIpc) is 2.59. The normalized spacial score (nSPS) is 36.7. The molecule has 1 heterocycles. The van der Waals surface area contributed by atoms with Gasteiger partial charge in [-0.15, -0.1) is 5.10 Å². The minimum atomic E-state index is -0.975. The van der Waals surface area contributed by atoms with Crippen LogP contribution in [-0.2, 0) is 10.3 Å². The van der Waals surface area contributed by atoms with Crippen molar-refractivity contribution < 1.29 is 13.9 Å². The van der Waals surface area contributed by atoms with Crippen molar-refractivity contribution in [1.29, 1.82) is 0 Å². The molecule has 15 heavy (non-hydrogen) atoms. The monoisotopic (exact) mass is 211 g/mol. The number of nitrogens with zero attached hydrogens (tertiary/aromatic N) is 3. The second kappa shape index (κ2) is 2.37. The predicted octanol–water partition coefficient (Wildman–Crippen LogP) is 0.666. The molecule has 2 bridgehead atoms. The van der Waals surface area contributed by atoms with Gasteiger partial charge < -0.3 is 4.74 Å². The van der Waals surface area contributed by atoms with Gasteiger partial charge in [-0.1, -0.05) is 5.21 Å². The minimum absolute atomic E-state index is 0.176. The van der Waals surface area contributed by atoms with E-state index in [1.54, 1.807) is 4.68 Å². The number of alkyl halides is 1. The zero-order chi connectivity index (χ0) is 10.7. The smallest absolute Gasteiger partial charge is 0.360 e. The third-order valence-corrected chi connectivity index (χ3v) is 3.31. The molecule has 1 aromatic rings. The zero-order valence-electron chi connectivity index (χ0n) is 8.23. The summed E-state index contributed by atoms with van der Waals surface area (Å²) in [7, 11) is 1.29. The molecule has 0 atom stereocenters. The summed E-state index contributed by atoms with van der Waals surface area (Å²) in [5.74, 6) is -0.511. The summed E-state index contributed by atoms with van der Waals surface area (Å²) in [5.41, 5.74) is -1.01. The van der Waals surface area contributed by atoms with Crippen molar-refractivity contribution in [3.05, 3.63) is 11.9 Å². The van der Waals surface area contributed by atoms with Crippen molar-refractivity contribution in [2.45, 2.75) is 30.5 Å². The van der Waals surface area contributed by atoms with Crippen LogP contribution in [0.3, 0.4) is 0 Å². The van der Waals surface area contributed by atoms with Crippen LogP contribution in [0.4, 0.5) is 4.39 Å². The molecule has 0 unspecified atom stereocenters. The van der Waals surface area contributed by atoms with E-state index in [0.717, 1.165) is 0 Å². The van der Waals surface area contributed by atoms with E-state index in [0.29, 0.717) is 19.3 Å². The molecule has 6 heteroatoms. The second-order valence-corrected chi connectivity index (χ2v) is 4.45. The summed E-state index contributed by atoms with van der Waals surface area (Å²) < 4.78 is 19.4. The maximum Gasteiger partial charge on any atom is 0.360 e. The Morgan fingerprint density at radius 3 is 2.80 bits per heavy atom. The van der Waals surface area contributed by atoms with Gasteiger partial charge in [0.05, 0.1) is 18.8 Å². The Balaban J connectivity index is 1.83. The quantitative estimate of drug-likeness (QED) is 0.674. The van der Waals surface area contributed by atoms with Crippen molar-refractivity contribution in [2.75, 3.05) is 7.11 Å². The van der Waals surface area contributed by atoms with Crippen LogP contribution < -0.4 is 0 Å². The van der Waals surface area contributed by atoms with E-state index >= 15 is 0 Å². The fourth-order valence-corrected chi connectivity index (χ4v) is 2.55. The molecular formula is C9H10FN3O2. The summed E-state index contributed by atoms with van der Waals surface area (Å²) in [6.07, 6.45) is 3.00. The molecule has 3 aliphatic rings. The van der Waals surface area contributed by atoms with Crippen LogP contribution in [0.2, 0.25) is 0 Å². The third-order valence-electron chi connectivity index (χ3n) is 3.31. The number of aromatic nitrogens is 3. The van der Waals surface area contributed by atoms with Crippen LogP contribution in [0, 0.1) is 0 Å².